The van der Waals surface area contributed by atoms with Crippen molar-refractivity contribution in [3.63, 3.8) is 0 Å². The van der Waals surface area contributed by atoms with E-state index < -0.39 is 0 Å². The summed E-state index contributed by atoms with van der Waals surface area (Å²) in [5, 5.41) is 6.92. The van der Waals surface area contributed by atoms with Crippen LogP contribution in [-0.4, -0.2) is 39.9 Å². The Kier molecular flexibility index (Phi) is 7.88. The first-order valence-corrected chi connectivity index (χ1v) is 9.44. The normalized spacial score (nSPS) is 20.4. The van der Waals surface area contributed by atoms with Gasteiger partial charge in [-0.1, -0.05) is 6.92 Å². The van der Waals surface area contributed by atoms with Gasteiger partial charge in [-0.25, -0.2) is 4.99 Å². The molecule has 0 radical (unpaired) electrons. The Morgan fingerprint density at radius 2 is 1.65 bits per heavy atom. The van der Waals surface area contributed by atoms with Gasteiger partial charge in [0.25, 0.3) is 0 Å². The molecule has 1 fully saturated rings. The molecule has 26 heavy (non-hydrogen) atoms. The molecule has 0 saturated heterocycles. The third-order valence-electron chi connectivity index (χ3n) is 4.85. The minimum Gasteiger partial charge on any atom is -0.493 e. The first-order chi connectivity index (χ1) is 12.6. The van der Waals surface area contributed by atoms with Crippen molar-refractivity contribution >= 4 is 5.96 Å². The summed E-state index contributed by atoms with van der Waals surface area (Å²) in [5.74, 6) is 3.60. The highest BCUT2D eigenvalue weighted by Crippen LogP contribution is 2.38. The second-order valence-electron chi connectivity index (χ2n) is 6.83. The van der Waals surface area contributed by atoms with Crippen LogP contribution in [0.3, 0.4) is 0 Å². The lowest BCUT2D eigenvalue weighted by Gasteiger charge is -2.28. The van der Waals surface area contributed by atoms with Gasteiger partial charge in [-0.05, 0) is 56.2 Å². The third-order valence-corrected chi connectivity index (χ3v) is 4.85. The van der Waals surface area contributed by atoms with Crippen molar-refractivity contribution in [2.45, 2.75) is 52.1 Å². The summed E-state index contributed by atoms with van der Waals surface area (Å²) in [6, 6.07) is 4.39. The molecule has 0 aliphatic heterocycles. The summed E-state index contributed by atoms with van der Waals surface area (Å²) in [5.41, 5.74) is 1.01. The summed E-state index contributed by atoms with van der Waals surface area (Å²) >= 11 is 0. The number of guanidine groups is 1. The van der Waals surface area contributed by atoms with E-state index in [1.54, 1.807) is 21.3 Å². The maximum atomic E-state index is 5.42. The Morgan fingerprint density at radius 3 is 2.15 bits per heavy atom. The standard InChI is InChI=1S/C20H33N3O3/c1-6-21-20(23-16-9-7-14(2)8-10-16)22-13-15-11-17(24-3)19(26-5)18(12-15)25-4/h11-12,14,16H,6-10,13H2,1-5H3,(H2,21,22,23). The number of ether oxygens (including phenoxy) is 3. The van der Waals surface area contributed by atoms with Crippen LogP contribution in [0.4, 0.5) is 0 Å². The molecule has 1 aliphatic carbocycles. The van der Waals surface area contributed by atoms with Crippen molar-refractivity contribution in [2.75, 3.05) is 27.9 Å². The van der Waals surface area contributed by atoms with E-state index in [-0.39, 0.29) is 0 Å². The van der Waals surface area contributed by atoms with Crippen LogP contribution in [0.1, 0.15) is 45.1 Å². The molecule has 0 atom stereocenters. The fourth-order valence-electron chi connectivity index (χ4n) is 3.31. The number of hydrogen-bond acceptors (Lipinski definition) is 4. The van der Waals surface area contributed by atoms with E-state index in [9.17, 15) is 0 Å². The molecule has 0 bridgehead atoms. The van der Waals surface area contributed by atoms with Crippen molar-refractivity contribution in [2.24, 2.45) is 10.9 Å². The summed E-state index contributed by atoms with van der Waals surface area (Å²) < 4.78 is 16.2. The molecule has 6 heteroatoms. The highest BCUT2D eigenvalue weighted by atomic mass is 16.5. The average Bonchev–Trinajstić information content (AvgIpc) is 2.67. The third kappa shape index (κ3) is 5.44. The minimum absolute atomic E-state index is 0.504. The van der Waals surface area contributed by atoms with Crippen molar-refractivity contribution in [3.8, 4) is 17.2 Å². The minimum atomic E-state index is 0.504. The van der Waals surface area contributed by atoms with Crippen LogP contribution >= 0.6 is 0 Å². The van der Waals surface area contributed by atoms with Gasteiger partial charge in [0, 0.05) is 12.6 Å². The number of hydrogen-bond donors (Lipinski definition) is 2. The predicted molar refractivity (Wildman–Crippen MR) is 105 cm³/mol. The second-order valence-corrected chi connectivity index (χ2v) is 6.83. The Morgan fingerprint density at radius 1 is 1.04 bits per heavy atom. The lowest BCUT2D eigenvalue weighted by atomic mass is 9.87. The van der Waals surface area contributed by atoms with Crippen LogP contribution < -0.4 is 24.8 Å². The Balaban J connectivity index is 2.10. The smallest absolute Gasteiger partial charge is 0.203 e. The highest BCUT2D eigenvalue weighted by Gasteiger charge is 2.19. The zero-order valence-corrected chi connectivity index (χ0v) is 16.7. The molecule has 1 aromatic carbocycles. The number of rotatable bonds is 7. The summed E-state index contributed by atoms with van der Waals surface area (Å²) in [6.07, 6.45) is 4.97. The molecule has 1 saturated carbocycles. The predicted octanol–water partition coefficient (Wildman–Crippen LogP) is 3.35. The van der Waals surface area contributed by atoms with E-state index in [1.807, 2.05) is 12.1 Å². The fraction of sp³-hybridized carbons (Fsp3) is 0.650. The zero-order valence-electron chi connectivity index (χ0n) is 16.7. The van der Waals surface area contributed by atoms with Crippen LogP contribution in [0, 0.1) is 5.92 Å². The number of nitrogens with one attached hydrogen (secondary N) is 2. The molecule has 1 aromatic rings. The van der Waals surface area contributed by atoms with E-state index >= 15 is 0 Å². The van der Waals surface area contributed by atoms with Crippen LogP contribution in [0.15, 0.2) is 17.1 Å². The van der Waals surface area contributed by atoms with Gasteiger partial charge < -0.3 is 24.8 Å². The largest absolute Gasteiger partial charge is 0.493 e. The van der Waals surface area contributed by atoms with Gasteiger partial charge in [0.05, 0.1) is 27.9 Å². The van der Waals surface area contributed by atoms with Gasteiger partial charge in [-0.15, -0.1) is 0 Å². The molecule has 0 aromatic heterocycles. The molecule has 0 amide bonds. The SMILES string of the molecule is CCNC(=NCc1cc(OC)c(OC)c(OC)c1)NC1CCC(C)CC1. The topological polar surface area (TPSA) is 64.1 Å². The van der Waals surface area contributed by atoms with E-state index in [0.717, 1.165) is 24.0 Å². The zero-order chi connectivity index (χ0) is 18.9. The lowest BCUT2D eigenvalue weighted by Crippen LogP contribution is -2.44. The fourth-order valence-corrected chi connectivity index (χ4v) is 3.31. The van der Waals surface area contributed by atoms with Crippen molar-refractivity contribution in [1.82, 2.24) is 10.6 Å². The Bertz CT molecular complexity index is 571. The summed E-state index contributed by atoms with van der Waals surface area (Å²) in [4.78, 5) is 4.75. The first-order valence-electron chi connectivity index (χ1n) is 9.44. The molecule has 6 nitrogen and oxygen atoms in total. The van der Waals surface area contributed by atoms with Gasteiger partial charge in [0.2, 0.25) is 5.75 Å². The van der Waals surface area contributed by atoms with Crippen LogP contribution in [0.25, 0.3) is 0 Å². The molecule has 0 spiro atoms. The maximum Gasteiger partial charge on any atom is 0.203 e. The molecular weight excluding hydrogens is 330 g/mol. The molecule has 2 rings (SSSR count). The van der Waals surface area contributed by atoms with E-state index in [0.29, 0.717) is 29.8 Å². The highest BCUT2D eigenvalue weighted by molar-refractivity contribution is 5.80. The van der Waals surface area contributed by atoms with E-state index in [1.165, 1.54) is 25.7 Å². The van der Waals surface area contributed by atoms with Gasteiger partial charge in [-0.2, -0.15) is 0 Å². The number of methoxy groups -OCH3 is 3. The van der Waals surface area contributed by atoms with Gasteiger partial charge in [0.1, 0.15) is 0 Å². The number of benzene rings is 1. The van der Waals surface area contributed by atoms with Crippen molar-refractivity contribution in [3.05, 3.63) is 17.7 Å². The van der Waals surface area contributed by atoms with Crippen LogP contribution in [0.2, 0.25) is 0 Å². The Labute approximate surface area is 157 Å². The molecule has 0 heterocycles. The molecule has 146 valence electrons. The van der Waals surface area contributed by atoms with Crippen molar-refractivity contribution in [1.29, 1.82) is 0 Å². The Hall–Kier alpha value is -2.11. The molecule has 0 unspecified atom stereocenters. The van der Waals surface area contributed by atoms with Crippen LogP contribution in [-0.2, 0) is 6.54 Å². The van der Waals surface area contributed by atoms with Gasteiger partial charge >= 0.3 is 0 Å². The molecule has 2 N–H and O–H groups in total. The first kappa shape index (κ1) is 20.2. The van der Waals surface area contributed by atoms with Gasteiger partial charge in [0.15, 0.2) is 17.5 Å². The summed E-state index contributed by atoms with van der Waals surface area (Å²) in [7, 11) is 4.86. The lowest BCUT2D eigenvalue weighted by molar-refractivity contribution is 0.323. The maximum absolute atomic E-state index is 5.42. The molecule has 1 aliphatic rings. The summed E-state index contributed by atoms with van der Waals surface area (Å²) in [6.45, 7) is 5.79. The van der Waals surface area contributed by atoms with Crippen LogP contribution in [0.5, 0.6) is 17.2 Å². The number of nitrogens with zero attached hydrogens (tertiary/aromatic N) is 1. The monoisotopic (exact) mass is 363 g/mol. The quantitative estimate of drug-likeness (QED) is 0.575. The van der Waals surface area contributed by atoms with E-state index in [4.69, 9.17) is 19.2 Å². The number of aliphatic imine (C=N–C) groups is 1. The second kappa shape index (κ2) is 10.1. The van der Waals surface area contributed by atoms with E-state index in [2.05, 4.69) is 24.5 Å². The van der Waals surface area contributed by atoms with Gasteiger partial charge in [-0.3, -0.25) is 0 Å². The average molecular weight is 364 g/mol. The molecular formula is C20H33N3O3. The van der Waals surface area contributed by atoms with Crippen molar-refractivity contribution < 1.29 is 14.2 Å².